The maximum absolute atomic E-state index is 6.03. The smallest absolute Gasteiger partial charge is 0.124 e. The van der Waals surface area contributed by atoms with Gasteiger partial charge in [-0.2, -0.15) is 0 Å². The Kier molecular flexibility index (Phi) is 2.79. The van der Waals surface area contributed by atoms with Gasteiger partial charge in [-0.25, -0.2) is 4.98 Å². The summed E-state index contributed by atoms with van der Waals surface area (Å²) in [4.78, 5) is 7.05. The maximum Gasteiger partial charge on any atom is 0.124 e. The van der Waals surface area contributed by atoms with E-state index in [9.17, 15) is 0 Å². The van der Waals surface area contributed by atoms with Crippen LogP contribution in [-0.4, -0.2) is 21.0 Å². The number of hydrogen-bond acceptors (Lipinski definition) is 3. The molecule has 0 radical (unpaired) electrons. The maximum atomic E-state index is 6.03. The highest BCUT2D eigenvalue weighted by molar-refractivity contribution is 6.31. The molecule has 2 aromatic heterocycles. The number of nitrogens with zero attached hydrogens (tertiary/aromatic N) is 3. The lowest BCUT2D eigenvalue weighted by atomic mass is 10.3. The van der Waals surface area contributed by atoms with Gasteiger partial charge in [-0.05, 0) is 30.3 Å². The minimum atomic E-state index is 0.736. The number of hydrogen-bond donors (Lipinski definition) is 0. The van der Waals surface area contributed by atoms with Crippen molar-refractivity contribution >= 4 is 22.6 Å². The standard InChI is InChI=1S/C15H14ClN3O/c16-11-3-4-14-13(8-11)17-15-10-18(5-6-19(14)15)9-12-2-1-7-20-12/h1-4,7-8H,5-6,9-10H2. The third kappa shape index (κ3) is 2.01. The van der Waals surface area contributed by atoms with E-state index in [1.165, 1.54) is 5.52 Å². The van der Waals surface area contributed by atoms with Crippen LogP contribution in [0.1, 0.15) is 11.6 Å². The first-order valence-corrected chi connectivity index (χ1v) is 7.07. The van der Waals surface area contributed by atoms with Crippen LogP contribution in [0.4, 0.5) is 0 Å². The molecule has 0 fully saturated rings. The first-order valence-electron chi connectivity index (χ1n) is 6.69. The molecule has 3 aromatic rings. The first-order chi connectivity index (χ1) is 9.79. The fraction of sp³-hybridized carbons (Fsp3) is 0.267. The zero-order valence-corrected chi connectivity index (χ0v) is 11.7. The van der Waals surface area contributed by atoms with Crippen molar-refractivity contribution in [1.29, 1.82) is 0 Å². The molecule has 4 nitrogen and oxygen atoms in total. The van der Waals surface area contributed by atoms with Crippen LogP contribution < -0.4 is 0 Å². The molecule has 4 rings (SSSR count). The molecule has 0 N–H and O–H groups in total. The van der Waals surface area contributed by atoms with Gasteiger partial charge in [0.15, 0.2) is 0 Å². The SMILES string of the molecule is Clc1ccc2c(c1)nc1n2CCN(Cc2ccco2)C1. The first kappa shape index (κ1) is 12.0. The van der Waals surface area contributed by atoms with E-state index in [0.29, 0.717) is 0 Å². The molecule has 0 aliphatic carbocycles. The van der Waals surface area contributed by atoms with E-state index < -0.39 is 0 Å². The van der Waals surface area contributed by atoms with Crippen LogP contribution in [0, 0.1) is 0 Å². The molecule has 102 valence electrons. The number of fused-ring (bicyclic) bond motifs is 3. The summed E-state index contributed by atoms with van der Waals surface area (Å²) in [6.07, 6.45) is 1.72. The molecule has 0 saturated heterocycles. The van der Waals surface area contributed by atoms with Crippen molar-refractivity contribution in [3.63, 3.8) is 0 Å². The van der Waals surface area contributed by atoms with Gasteiger partial charge in [-0.15, -0.1) is 0 Å². The Morgan fingerprint density at radius 1 is 1.25 bits per heavy atom. The molecule has 1 aliphatic rings. The second-order valence-corrected chi connectivity index (χ2v) is 5.54. The number of rotatable bonds is 2. The zero-order chi connectivity index (χ0) is 13.5. The van der Waals surface area contributed by atoms with Gasteiger partial charge in [-0.1, -0.05) is 11.6 Å². The van der Waals surface area contributed by atoms with Crippen molar-refractivity contribution in [2.24, 2.45) is 0 Å². The van der Waals surface area contributed by atoms with E-state index in [-0.39, 0.29) is 0 Å². The van der Waals surface area contributed by atoms with Gasteiger partial charge >= 0.3 is 0 Å². The molecule has 0 atom stereocenters. The predicted octanol–water partition coefficient (Wildman–Crippen LogP) is 3.30. The van der Waals surface area contributed by atoms with Crippen LogP contribution in [-0.2, 0) is 19.6 Å². The molecular weight excluding hydrogens is 274 g/mol. The lowest BCUT2D eigenvalue weighted by Gasteiger charge is -2.26. The summed E-state index contributed by atoms with van der Waals surface area (Å²) >= 11 is 6.03. The number of halogens is 1. The molecule has 0 unspecified atom stereocenters. The number of furan rings is 1. The third-order valence-electron chi connectivity index (χ3n) is 3.75. The molecule has 0 spiro atoms. The van der Waals surface area contributed by atoms with Crippen molar-refractivity contribution in [1.82, 2.24) is 14.5 Å². The lowest BCUT2D eigenvalue weighted by Crippen LogP contribution is -2.33. The Morgan fingerprint density at radius 2 is 2.20 bits per heavy atom. The van der Waals surface area contributed by atoms with Gasteiger partial charge in [0, 0.05) is 18.1 Å². The van der Waals surface area contributed by atoms with Gasteiger partial charge < -0.3 is 8.98 Å². The summed E-state index contributed by atoms with van der Waals surface area (Å²) in [6.45, 7) is 3.62. The average molecular weight is 288 g/mol. The van der Waals surface area contributed by atoms with E-state index in [2.05, 4.69) is 15.5 Å². The summed E-state index contributed by atoms with van der Waals surface area (Å²) in [6, 6.07) is 9.84. The van der Waals surface area contributed by atoms with E-state index in [1.54, 1.807) is 6.26 Å². The van der Waals surface area contributed by atoms with Crippen LogP contribution in [0.15, 0.2) is 41.0 Å². The van der Waals surface area contributed by atoms with Gasteiger partial charge in [0.2, 0.25) is 0 Å². The Labute approximate surface area is 121 Å². The molecule has 20 heavy (non-hydrogen) atoms. The van der Waals surface area contributed by atoms with Crippen LogP contribution >= 0.6 is 11.6 Å². The van der Waals surface area contributed by atoms with Gasteiger partial charge in [0.1, 0.15) is 11.6 Å². The number of aromatic nitrogens is 2. The van der Waals surface area contributed by atoms with Gasteiger partial charge in [0.05, 0.1) is 30.4 Å². The van der Waals surface area contributed by atoms with Crippen molar-refractivity contribution in [3.05, 3.63) is 53.2 Å². The molecule has 1 aromatic carbocycles. The van der Waals surface area contributed by atoms with E-state index in [4.69, 9.17) is 21.0 Å². The van der Waals surface area contributed by atoms with Gasteiger partial charge in [-0.3, -0.25) is 4.90 Å². The highest BCUT2D eigenvalue weighted by Gasteiger charge is 2.20. The van der Waals surface area contributed by atoms with E-state index in [0.717, 1.165) is 48.3 Å². The van der Waals surface area contributed by atoms with Crippen LogP contribution in [0.2, 0.25) is 5.02 Å². The monoisotopic (exact) mass is 287 g/mol. The number of benzene rings is 1. The summed E-state index contributed by atoms with van der Waals surface area (Å²) < 4.78 is 7.69. The van der Waals surface area contributed by atoms with Crippen LogP contribution in [0.25, 0.3) is 11.0 Å². The Hall–Kier alpha value is -1.78. The topological polar surface area (TPSA) is 34.2 Å². The molecule has 1 aliphatic heterocycles. The Bertz CT molecular complexity index is 748. The van der Waals surface area contributed by atoms with E-state index in [1.807, 2.05) is 24.3 Å². The van der Waals surface area contributed by atoms with Crippen LogP contribution in [0.3, 0.4) is 0 Å². The third-order valence-corrected chi connectivity index (χ3v) is 3.99. The lowest BCUT2D eigenvalue weighted by molar-refractivity contribution is 0.195. The summed E-state index contributed by atoms with van der Waals surface area (Å²) in [5, 5.41) is 0.736. The number of imidazole rings is 1. The van der Waals surface area contributed by atoms with Crippen molar-refractivity contribution in [2.75, 3.05) is 6.54 Å². The average Bonchev–Trinajstić information content (AvgIpc) is 3.04. The molecular formula is C15H14ClN3O. The minimum absolute atomic E-state index is 0.736. The van der Waals surface area contributed by atoms with E-state index >= 15 is 0 Å². The quantitative estimate of drug-likeness (QED) is 0.725. The second kappa shape index (κ2) is 4.65. The largest absolute Gasteiger partial charge is 0.468 e. The molecule has 0 bridgehead atoms. The highest BCUT2D eigenvalue weighted by atomic mass is 35.5. The zero-order valence-electron chi connectivity index (χ0n) is 10.9. The summed E-state index contributed by atoms with van der Waals surface area (Å²) in [5.41, 5.74) is 2.15. The molecule has 0 amide bonds. The normalized spacial score (nSPS) is 15.7. The molecule has 5 heteroatoms. The van der Waals surface area contributed by atoms with Crippen molar-refractivity contribution in [3.8, 4) is 0 Å². The van der Waals surface area contributed by atoms with Gasteiger partial charge in [0.25, 0.3) is 0 Å². The fourth-order valence-corrected chi connectivity index (χ4v) is 2.97. The van der Waals surface area contributed by atoms with Crippen molar-refractivity contribution in [2.45, 2.75) is 19.6 Å². The highest BCUT2D eigenvalue weighted by Crippen LogP contribution is 2.24. The predicted molar refractivity (Wildman–Crippen MR) is 77.6 cm³/mol. The van der Waals surface area contributed by atoms with Crippen LogP contribution in [0.5, 0.6) is 0 Å². The Morgan fingerprint density at radius 3 is 3.05 bits per heavy atom. The summed E-state index contributed by atoms with van der Waals surface area (Å²) in [5.74, 6) is 2.10. The van der Waals surface area contributed by atoms with Crippen molar-refractivity contribution < 1.29 is 4.42 Å². The fourth-order valence-electron chi connectivity index (χ4n) is 2.80. The Balaban J connectivity index is 1.64. The molecule has 0 saturated carbocycles. The minimum Gasteiger partial charge on any atom is -0.468 e. The molecule has 3 heterocycles. The second-order valence-electron chi connectivity index (χ2n) is 5.10. The summed E-state index contributed by atoms with van der Waals surface area (Å²) in [7, 11) is 0.